The van der Waals surface area contributed by atoms with Gasteiger partial charge in [0.25, 0.3) is 0 Å². The van der Waals surface area contributed by atoms with Crippen molar-refractivity contribution >= 4 is 33.0 Å². The standard InChI is InChI=1S/C8H6BrF3OS/c1-4-5(2-7(9)14-4)6(13)3-8(10,11)12/h2H,3H2,1H3. The molecular weight excluding hydrogens is 281 g/mol. The molecule has 1 heterocycles. The summed E-state index contributed by atoms with van der Waals surface area (Å²) in [5.41, 5.74) is 0.152. The molecule has 0 bridgehead atoms. The van der Waals surface area contributed by atoms with Gasteiger partial charge in [0, 0.05) is 10.4 Å². The number of aryl methyl sites for hydroxylation is 1. The van der Waals surface area contributed by atoms with Crippen molar-refractivity contribution in [2.45, 2.75) is 19.5 Å². The topological polar surface area (TPSA) is 17.1 Å². The monoisotopic (exact) mass is 286 g/mol. The van der Waals surface area contributed by atoms with Crippen LogP contribution in [0.3, 0.4) is 0 Å². The van der Waals surface area contributed by atoms with Crippen LogP contribution in [0.1, 0.15) is 21.7 Å². The van der Waals surface area contributed by atoms with Gasteiger partial charge in [-0.3, -0.25) is 4.79 Å². The molecule has 1 aromatic heterocycles. The summed E-state index contributed by atoms with van der Waals surface area (Å²) < 4.78 is 36.4. The zero-order chi connectivity index (χ0) is 10.9. The summed E-state index contributed by atoms with van der Waals surface area (Å²) in [6, 6.07) is 1.42. The van der Waals surface area contributed by atoms with E-state index in [9.17, 15) is 18.0 Å². The summed E-state index contributed by atoms with van der Waals surface area (Å²) in [6.45, 7) is 1.62. The molecule has 1 aromatic rings. The fraction of sp³-hybridized carbons (Fsp3) is 0.375. The summed E-state index contributed by atoms with van der Waals surface area (Å²) in [5, 5.41) is 0. The van der Waals surface area contributed by atoms with Crippen molar-refractivity contribution in [3.05, 3.63) is 20.3 Å². The van der Waals surface area contributed by atoms with Crippen LogP contribution >= 0.6 is 27.3 Å². The Morgan fingerprint density at radius 1 is 1.57 bits per heavy atom. The Morgan fingerprint density at radius 3 is 2.50 bits per heavy atom. The maximum atomic E-state index is 11.9. The molecule has 78 valence electrons. The van der Waals surface area contributed by atoms with Gasteiger partial charge in [0.1, 0.15) is 6.42 Å². The third kappa shape index (κ3) is 3.09. The van der Waals surface area contributed by atoms with Crippen LogP contribution in [0.5, 0.6) is 0 Å². The Balaban J connectivity index is 2.85. The predicted octanol–water partition coefficient (Wildman–Crippen LogP) is 3.95. The average molecular weight is 287 g/mol. The average Bonchev–Trinajstić information content (AvgIpc) is 2.26. The first-order valence-corrected chi connectivity index (χ1v) is 5.26. The Kier molecular flexibility index (Phi) is 3.36. The summed E-state index contributed by atoms with van der Waals surface area (Å²) in [7, 11) is 0. The largest absolute Gasteiger partial charge is 0.396 e. The summed E-state index contributed by atoms with van der Waals surface area (Å²) in [6.07, 6.45) is -5.82. The highest BCUT2D eigenvalue weighted by molar-refractivity contribution is 9.11. The predicted molar refractivity (Wildman–Crippen MR) is 51.8 cm³/mol. The fourth-order valence-corrected chi connectivity index (χ4v) is 2.71. The first-order chi connectivity index (χ1) is 6.29. The first-order valence-electron chi connectivity index (χ1n) is 3.65. The third-order valence-corrected chi connectivity index (χ3v) is 3.10. The van der Waals surface area contributed by atoms with Crippen molar-refractivity contribution in [2.75, 3.05) is 0 Å². The molecule has 0 saturated carbocycles. The minimum absolute atomic E-state index is 0.152. The van der Waals surface area contributed by atoms with Gasteiger partial charge in [-0.15, -0.1) is 11.3 Å². The van der Waals surface area contributed by atoms with Crippen LogP contribution in [0.15, 0.2) is 9.85 Å². The molecule has 1 rings (SSSR count). The van der Waals surface area contributed by atoms with Gasteiger partial charge in [-0.1, -0.05) is 0 Å². The second kappa shape index (κ2) is 4.02. The lowest BCUT2D eigenvalue weighted by atomic mass is 10.1. The van der Waals surface area contributed by atoms with Gasteiger partial charge >= 0.3 is 6.18 Å². The highest BCUT2D eigenvalue weighted by Crippen LogP contribution is 2.30. The van der Waals surface area contributed by atoms with E-state index >= 15 is 0 Å². The number of carbonyl (C=O) groups is 1. The normalized spacial score (nSPS) is 11.8. The van der Waals surface area contributed by atoms with Crippen LogP contribution < -0.4 is 0 Å². The Bertz CT molecular complexity index is 356. The number of carbonyl (C=O) groups excluding carboxylic acids is 1. The third-order valence-electron chi connectivity index (χ3n) is 1.55. The number of hydrogen-bond acceptors (Lipinski definition) is 2. The minimum Gasteiger partial charge on any atom is -0.294 e. The lowest BCUT2D eigenvalue weighted by Gasteiger charge is -2.04. The van der Waals surface area contributed by atoms with E-state index in [0.717, 1.165) is 0 Å². The molecular formula is C8H6BrF3OS. The minimum atomic E-state index is -4.43. The first kappa shape index (κ1) is 11.7. The number of ketones is 1. The number of Topliss-reactive ketones (excluding diaryl/α,β-unsaturated/α-hetero) is 1. The van der Waals surface area contributed by atoms with Crippen LogP contribution in [0, 0.1) is 6.92 Å². The van der Waals surface area contributed by atoms with Gasteiger partial charge in [-0.25, -0.2) is 0 Å². The summed E-state index contributed by atoms with van der Waals surface area (Å²) in [5.74, 6) is -0.878. The van der Waals surface area contributed by atoms with E-state index in [1.165, 1.54) is 17.4 Å². The molecule has 0 amide bonds. The smallest absolute Gasteiger partial charge is 0.294 e. The Hall–Kier alpha value is -0.360. The summed E-state index contributed by atoms with van der Waals surface area (Å²) in [4.78, 5) is 11.8. The van der Waals surface area contributed by atoms with Crippen molar-refractivity contribution < 1.29 is 18.0 Å². The highest BCUT2D eigenvalue weighted by Gasteiger charge is 2.32. The second-order valence-electron chi connectivity index (χ2n) is 2.74. The zero-order valence-electron chi connectivity index (χ0n) is 7.11. The lowest BCUT2D eigenvalue weighted by Crippen LogP contribution is -2.15. The van der Waals surface area contributed by atoms with Gasteiger partial charge in [0.05, 0.1) is 3.79 Å². The lowest BCUT2D eigenvalue weighted by molar-refractivity contribution is -0.125. The van der Waals surface area contributed by atoms with Crippen LogP contribution in [-0.2, 0) is 0 Å². The second-order valence-corrected chi connectivity index (χ2v) is 5.37. The van der Waals surface area contributed by atoms with Crippen molar-refractivity contribution in [3.8, 4) is 0 Å². The zero-order valence-corrected chi connectivity index (χ0v) is 9.52. The van der Waals surface area contributed by atoms with Crippen molar-refractivity contribution in [1.82, 2.24) is 0 Å². The molecule has 0 fully saturated rings. The van der Waals surface area contributed by atoms with E-state index in [0.29, 0.717) is 8.66 Å². The molecule has 0 aliphatic heterocycles. The van der Waals surface area contributed by atoms with E-state index in [-0.39, 0.29) is 5.56 Å². The van der Waals surface area contributed by atoms with Gasteiger partial charge in [0.2, 0.25) is 0 Å². The molecule has 0 radical (unpaired) electrons. The van der Waals surface area contributed by atoms with Crippen LogP contribution in [-0.4, -0.2) is 12.0 Å². The molecule has 6 heteroatoms. The van der Waals surface area contributed by atoms with Gasteiger partial charge in [-0.2, -0.15) is 13.2 Å². The number of alkyl halides is 3. The number of hydrogen-bond donors (Lipinski definition) is 0. The van der Waals surface area contributed by atoms with E-state index < -0.39 is 18.4 Å². The van der Waals surface area contributed by atoms with Crippen LogP contribution in [0.4, 0.5) is 13.2 Å². The quantitative estimate of drug-likeness (QED) is 0.753. The van der Waals surface area contributed by atoms with Crippen LogP contribution in [0.25, 0.3) is 0 Å². The van der Waals surface area contributed by atoms with E-state index in [4.69, 9.17) is 0 Å². The molecule has 0 unspecified atom stereocenters. The maximum Gasteiger partial charge on any atom is 0.396 e. The van der Waals surface area contributed by atoms with Crippen molar-refractivity contribution in [1.29, 1.82) is 0 Å². The number of rotatable bonds is 2. The Labute approximate surface area is 91.1 Å². The van der Waals surface area contributed by atoms with Gasteiger partial charge in [-0.05, 0) is 28.9 Å². The molecule has 0 aromatic carbocycles. The molecule has 0 atom stereocenters. The SMILES string of the molecule is Cc1sc(Br)cc1C(=O)CC(F)(F)F. The van der Waals surface area contributed by atoms with E-state index in [1.807, 2.05) is 0 Å². The fourth-order valence-electron chi connectivity index (χ4n) is 1.000. The Morgan fingerprint density at radius 2 is 2.14 bits per heavy atom. The van der Waals surface area contributed by atoms with E-state index in [1.54, 1.807) is 6.92 Å². The molecule has 0 saturated heterocycles. The molecule has 0 aliphatic rings. The van der Waals surface area contributed by atoms with Crippen molar-refractivity contribution in [2.24, 2.45) is 0 Å². The molecule has 1 nitrogen and oxygen atoms in total. The molecule has 14 heavy (non-hydrogen) atoms. The molecule has 0 aliphatic carbocycles. The van der Waals surface area contributed by atoms with E-state index in [2.05, 4.69) is 15.9 Å². The molecule has 0 N–H and O–H groups in total. The van der Waals surface area contributed by atoms with Crippen molar-refractivity contribution in [3.63, 3.8) is 0 Å². The number of halogens is 4. The maximum absolute atomic E-state index is 11.9. The van der Waals surface area contributed by atoms with Gasteiger partial charge < -0.3 is 0 Å². The highest BCUT2D eigenvalue weighted by atomic mass is 79.9. The van der Waals surface area contributed by atoms with Crippen LogP contribution in [0.2, 0.25) is 0 Å². The van der Waals surface area contributed by atoms with Gasteiger partial charge in [0.15, 0.2) is 5.78 Å². The number of thiophene rings is 1. The summed E-state index contributed by atoms with van der Waals surface area (Å²) >= 11 is 4.37. The molecule has 0 spiro atoms.